The predicted molar refractivity (Wildman–Crippen MR) is 71.2 cm³/mol. The van der Waals surface area contributed by atoms with Crippen LogP contribution in [0, 0.1) is 5.82 Å². The largest absolute Gasteiger partial charge is 0.376 e. The minimum absolute atomic E-state index is 0.142. The number of anilines is 1. The fourth-order valence-corrected chi connectivity index (χ4v) is 2.31. The van der Waals surface area contributed by atoms with Crippen LogP contribution in [0.3, 0.4) is 0 Å². The maximum Gasteiger partial charge on any atom is 0.146 e. The lowest BCUT2D eigenvalue weighted by Gasteiger charge is -2.23. The average molecular weight is 252 g/mol. The second-order valence-electron chi connectivity index (χ2n) is 5.02. The number of hydrogen-bond acceptors (Lipinski definition) is 3. The van der Waals surface area contributed by atoms with Crippen LogP contribution in [0.15, 0.2) is 18.2 Å². The summed E-state index contributed by atoms with van der Waals surface area (Å²) in [5.74, 6) is -0.217. The van der Waals surface area contributed by atoms with E-state index in [1.807, 2.05) is 24.9 Å². The quantitative estimate of drug-likeness (QED) is 0.894. The Hall–Kier alpha value is -1.13. The number of benzene rings is 1. The van der Waals surface area contributed by atoms with Crippen molar-refractivity contribution < 1.29 is 9.13 Å². The second kappa shape index (κ2) is 5.67. The van der Waals surface area contributed by atoms with Crippen molar-refractivity contribution in [3.8, 4) is 0 Å². The molecule has 0 amide bonds. The Morgan fingerprint density at radius 2 is 2.33 bits per heavy atom. The lowest BCUT2D eigenvalue weighted by atomic mass is 10.1. The summed E-state index contributed by atoms with van der Waals surface area (Å²) in [6.45, 7) is 3.41. The maximum absolute atomic E-state index is 14.0. The van der Waals surface area contributed by atoms with Crippen molar-refractivity contribution in [2.75, 3.05) is 25.1 Å². The zero-order valence-electron chi connectivity index (χ0n) is 11.0. The van der Waals surface area contributed by atoms with E-state index >= 15 is 0 Å². The highest BCUT2D eigenvalue weighted by atomic mass is 19.1. The Labute approximate surface area is 108 Å². The van der Waals surface area contributed by atoms with E-state index in [1.54, 1.807) is 6.07 Å². The lowest BCUT2D eigenvalue weighted by Crippen LogP contribution is -2.29. The topological polar surface area (TPSA) is 38.5 Å². The number of nitrogens with two attached hydrogens (primary N) is 1. The molecule has 1 heterocycles. The molecule has 1 aromatic rings. The van der Waals surface area contributed by atoms with Gasteiger partial charge in [0.1, 0.15) is 5.82 Å². The first kappa shape index (κ1) is 13.3. The number of hydrogen-bond donors (Lipinski definition) is 1. The summed E-state index contributed by atoms with van der Waals surface area (Å²) in [6, 6.07) is 5.06. The molecule has 0 spiro atoms. The molecule has 1 aliphatic heterocycles. The summed E-state index contributed by atoms with van der Waals surface area (Å²) in [5, 5.41) is 0. The SMILES string of the molecule is C[C@H](N)c1ccc(N(C)CC2CCCO2)c(F)c1. The molecular weight excluding hydrogens is 231 g/mol. The highest BCUT2D eigenvalue weighted by Gasteiger charge is 2.19. The summed E-state index contributed by atoms with van der Waals surface area (Å²) in [6.07, 6.45) is 2.39. The molecule has 0 bridgehead atoms. The van der Waals surface area contributed by atoms with Gasteiger partial charge in [0.25, 0.3) is 0 Å². The van der Waals surface area contributed by atoms with Gasteiger partial charge in [-0.1, -0.05) is 6.07 Å². The third kappa shape index (κ3) is 3.00. The Morgan fingerprint density at radius 1 is 1.56 bits per heavy atom. The molecule has 18 heavy (non-hydrogen) atoms. The molecule has 3 nitrogen and oxygen atoms in total. The fraction of sp³-hybridized carbons (Fsp3) is 0.571. The number of rotatable bonds is 4. The first-order chi connectivity index (χ1) is 8.58. The number of likely N-dealkylation sites (N-methyl/N-ethyl adjacent to an activating group) is 1. The van der Waals surface area contributed by atoms with Crippen LogP contribution in [0.4, 0.5) is 10.1 Å². The predicted octanol–water partition coefficient (Wildman–Crippen LogP) is 2.46. The van der Waals surface area contributed by atoms with Crippen LogP contribution in [0.25, 0.3) is 0 Å². The van der Waals surface area contributed by atoms with Gasteiger partial charge in [-0.3, -0.25) is 0 Å². The zero-order valence-corrected chi connectivity index (χ0v) is 11.0. The highest BCUT2D eigenvalue weighted by Crippen LogP contribution is 2.23. The van der Waals surface area contributed by atoms with Crippen LogP contribution < -0.4 is 10.6 Å². The van der Waals surface area contributed by atoms with Crippen molar-refractivity contribution in [1.29, 1.82) is 0 Å². The van der Waals surface area contributed by atoms with E-state index < -0.39 is 0 Å². The number of halogens is 1. The minimum atomic E-state index is -0.217. The van der Waals surface area contributed by atoms with Crippen LogP contribution >= 0.6 is 0 Å². The Kier molecular flexibility index (Phi) is 4.19. The van der Waals surface area contributed by atoms with Crippen molar-refractivity contribution in [2.24, 2.45) is 5.73 Å². The van der Waals surface area contributed by atoms with E-state index in [0.717, 1.165) is 31.6 Å². The number of nitrogens with zero attached hydrogens (tertiary/aromatic N) is 1. The Bertz CT molecular complexity index is 403. The zero-order chi connectivity index (χ0) is 13.1. The fourth-order valence-electron chi connectivity index (χ4n) is 2.31. The molecule has 1 unspecified atom stereocenters. The lowest BCUT2D eigenvalue weighted by molar-refractivity contribution is 0.116. The minimum Gasteiger partial charge on any atom is -0.376 e. The molecule has 1 saturated heterocycles. The molecule has 0 aromatic heterocycles. The van der Waals surface area contributed by atoms with E-state index in [-0.39, 0.29) is 18.0 Å². The normalized spacial score (nSPS) is 21.0. The molecule has 1 aromatic carbocycles. The standard InChI is InChI=1S/C14H21FN2O/c1-10(16)11-5-6-14(13(15)8-11)17(2)9-12-4-3-7-18-12/h5-6,8,10,12H,3-4,7,9,16H2,1-2H3/t10-,12?/m0/s1. The smallest absolute Gasteiger partial charge is 0.146 e. The van der Waals surface area contributed by atoms with E-state index in [9.17, 15) is 4.39 Å². The third-order valence-corrected chi connectivity index (χ3v) is 3.41. The first-order valence-electron chi connectivity index (χ1n) is 6.45. The molecule has 2 N–H and O–H groups in total. The van der Waals surface area contributed by atoms with E-state index in [4.69, 9.17) is 10.5 Å². The van der Waals surface area contributed by atoms with Gasteiger partial charge in [0.05, 0.1) is 11.8 Å². The van der Waals surface area contributed by atoms with Crippen molar-refractivity contribution in [3.05, 3.63) is 29.6 Å². The van der Waals surface area contributed by atoms with Crippen LogP contribution in [-0.4, -0.2) is 26.3 Å². The van der Waals surface area contributed by atoms with Gasteiger partial charge < -0.3 is 15.4 Å². The van der Waals surface area contributed by atoms with Gasteiger partial charge in [0.2, 0.25) is 0 Å². The summed E-state index contributed by atoms with van der Waals surface area (Å²) in [5.41, 5.74) is 7.17. The van der Waals surface area contributed by atoms with Crippen molar-refractivity contribution >= 4 is 5.69 Å². The molecule has 100 valence electrons. The molecule has 2 atom stereocenters. The molecule has 1 aliphatic rings. The first-order valence-corrected chi connectivity index (χ1v) is 6.45. The number of ether oxygens (including phenoxy) is 1. The van der Waals surface area contributed by atoms with Gasteiger partial charge >= 0.3 is 0 Å². The monoisotopic (exact) mass is 252 g/mol. The third-order valence-electron chi connectivity index (χ3n) is 3.41. The summed E-state index contributed by atoms with van der Waals surface area (Å²) in [4.78, 5) is 1.91. The molecular formula is C14H21FN2O. The van der Waals surface area contributed by atoms with Gasteiger partial charge in [-0.15, -0.1) is 0 Å². The van der Waals surface area contributed by atoms with Crippen LogP contribution in [0.1, 0.15) is 31.4 Å². The molecule has 4 heteroatoms. The van der Waals surface area contributed by atoms with Crippen molar-refractivity contribution in [2.45, 2.75) is 31.9 Å². The van der Waals surface area contributed by atoms with Crippen LogP contribution in [-0.2, 0) is 4.74 Å². The van der Waals surface area contributed by atoms with E-state index in [1.165, 1.54) is 6.07 Å². The molecule has 2 rings (SSSR count). The second-order valence-corrected chi connectivity index (χ2v) is 5.02. The van der Waals surface area contributed by atoms with Crippen molar-refractivity contribution in [1.82, 2.24) is 0 Å². The maximum atomic E-state index is 14.0. The summed E-state index contributed by atoms with van der Waals surface area (Å²) >= 11 is 0. The average Bonchev–Trinajstić information content (AvgIpc) is 2.81. The van der Waals surface area contributed by atoms with Crippen LogP contribution in [0.2, 0.25) is 0 Å². The van der Waals surface area contributed by atoms with Gasteiger partial charge in [-0.25, -0.2) is 4.39 Å². The van der Waals surface area contributed by atoms with E-state index in [2.05, 4.69) is 0 Å². The van der Waals surface area contributed by atoms with Gasteiger partial charge in [-0.2, -0.15) is 0 Å². The Balaban J connectivity index is 2.07. The van der Waals surface area contributed by atoms with Crippen LogP contribution in [0.5, 0.6) is 0 Å². The molecule has 0 saturated carbocycles. The molecule has 1 fully saturated rings. The highest BCUT2D eigenvalue weighted by molar-refractivity contribution is 5.49. The van der Waals surface area contributed by atoms with Gasteiger partial charge in [0, 0.05) is 26.2 Å². The molecule has 0 radical (unpaired) electrons. The van der Waals surface area contributed by atoms with Gasteiger partial charge in [-0.05, 0) is 37.5 Å². The van der Waals surface area contributed by atoms with E-state index in [0.29, 0.717) is 5.69 Å². The summed E-state index contributed by atoms with van der Waals surface area (Å²) < 4.78 is 19.6. The van der Waals surface area contributed by atoms with Crippen molar-refractivity contribution in [3.63, 3.8) is 0 Å². The van der Waals surface area contributed by atoms with Gasteiger partial charge in [0.15, 0.2) is 0 Å². The Morgan fingerprint density at radius 3 is 2.89 bits per heavy atom. The molecule has 0 aliphatic carbocycles. The summed E-state index contributed by atoms with van der Waals surface area (Å²) in [7, 11) is 1.89.